The Morgan fingerprint density at radius 1 is 0.857 bits per heavy atom. The molecule has 0 aliphatic rings. The average molecular weight is 192 g/mol. The third-order valence-electron chi connectivity index (χ3n) is 1.85. The summed E-state index contributed by atoms with van der Waals surface area (Å²) < 4.78 is 0. The van der Waals surface area contributed by atoms with Gasteiger partial charge < -0.3 is 4.79 Å². The van der Waals surface area contributed by atoms with E-state index < -0.39 is 0 Å². The summed E-state index contributed by atoms with van der Waals surface area (Å²) in [5, 5.41) is 0. The maximum Gasteiger partial charge on any atom is 0.119 e. The molecule has 0 amide bonds. The van der Waals surface area contributed by atoms with Crippen LogP contribution in [0.3, 0.4) is 0 Å². The van der Waals surface area contributed by atoms with E-state index in [0.29, 0.717) is 6.42 Å². The normalized spacial score (nSPS) is 12.1. The van der Waals surface area contributed by atoms with Gasteiger partial charge in [-0.2, -0.15) is 0 Å². The molecule has 0 heterocycles. The molecule has 0 unspecified atom stereocenters. The molecule has 0 atom stereocenters. The molecule has 0 saturated heterocycles. The fraction of sp³-hybridized carbons (Fsp3) is 0.462. The Labute approximate surface area is 87.2 Å². The van der Waals surface area contributed by atoms with Crippen molar-refractivity contribution < 1.29 is 4.79 Å². The van der Waals surface area contributed by atoms with E-state index in [1.807, 2.05) is 31.2 Å². The van der Waals surface area contributed by atoms with Gasteiger partial charge in [0.25, 0.3) is 0 Å². The summed E-state index contributed by atoms with van der Waals surface area (Å²) in [6.45, 7) is 2.00. The zero-order valence-corrected chi connectivity index (χ0v) is 8.99. The van der Waals surface area contributed by atoms with Crippen LogP contribution in [0.25, 0.3) is 0 Å². The molecular formula is C13H20O. The number of aldehydes is 1. The van der Waals surface area contributed by atoms with Gasteiger partial charge in [0.1, 0.15) is 6.29 Å². The molecule has 1 heteroatoms. The zero-order valence-electron chi connectivity index (χ0n) is 8.99. The molecule has 14 heavy (non-hydrogen) atoms. The number of allylic oxidation sites excluding steroid dienone is 6. The minimum atomic E-state index is 0.713. The van der Waals surface area contributed by atoms with Crippen molar-refractivity contribution in [1.29, 1.82) is 0 Å². The van der Waals surface area contributed by atoms with Crippen molar-refractivity contribution in [3.8, 4) is 0 Å². The van der Waals surface area contributed by atoms with Gasteiger partial charge in [-0.3, -0.25) is 0 Å². The number of rotatable bonds is 8. The van der Waals surface area contributed by atoms with Crippen molar-refractivity contribution in [2.45, 2.75) is 39.0 Å². The predicted octanol–water partition coefficient (Wildman–Crippen LogP) is 3.82. The highest BCUT2D eigenvalue weighted by Gasteiger charge is 1.85. The van der Waals surface area contributed by atoms with Crippen molar-refractivity contribution in [2.75, 3.05) is 0 Å². The largest absolute Gasteiger partial charge is 0.303 e. The van der Waals surface area contributed by atoms with Gasteiger partial charge in [0.05, 0.1) is 0 Å². The molecule has 0 aromatic heterocycles. The third-order valence-corrected chi connectivity index (χ3v) is 1.85. The topological polar surface area (TPSA) is 17.1 Å². The lowest BCUT2D eigenvalue weighted by Gasteiger charge is -1.92. The molecule has 78 valence electrons. The van der Waals surface area contributed by atoms with Crippen LogP contribution in [0.1, 0.15) is 39.0 Å². The van der Waals surface area contributed by atoms with E-state index in [4.69, 9.17) is 0 Å². The Balaban J connectivity index is 3.22. The molecule has 0 saturated carbocycles. The van der Waals surface area contributed by atoms with Gasteiger partial charge in [-0.05, 0) is 26.2 Å². The van der Waals surface area contributed by atoms with Crippen molar-refractivity contribution >= 4 is 6.29 Å². The molecule has 0 rings (SSSR count). The maximum absolute atomic E-state index is 10.0. The van der Waals surface area contributed by atoms with Crippen LogP contribution in [0, 0.1) is 0 Å². The number of unbranched alkanes of at least 4 members (excludes halogenated alkanes) is 4. The first kappa shape index (κ1) is 12.9. The Bertz CT molecular complexity index is 199. The maximum atomic E-state index is 10.0. The Kier molecular flexibility index (Phi) is 10.9. The van der Waals surface area contributed by atoms with E-state index in [9.17, 15) is 4.79 Å². The van der Waals surface area contributed by atoms with Gasteiger partial charge >= 0.3 is 0 Å². The first-order chi connectivity index (χ1) is 6.91. The van der Waals surface area contributed by atoms with Crippen LogP contribution in [0.4, 0.5) is 0 Å². The molecule has 1 nitrogen and oxygen atoms in total. The SMILES string of the molecule is C/C=C/C=C/C=C/CCCCCC=O. The van der Waals surface area contributed by atoms with E-state index in [-0.39, 0.29) is 0 Å². The van der Waals surface area contributed by atoms with Crippen LogP contribution in [0.2, 0.25) is 0 Å². The van der Waals surface area contributed by atoms with Crippen LogP contribution in [-0.2, 0) is 4.79 Å². The first-order valence-electron chi connectivity index (χ1n) is 5.30. The van der Waals surface area contributed by atoms with Gasteiger partial charge in [-0.15, -0.1) is 0 Å². The Morgan fingerprint density at radius 3 is 2.29 bits per heavy atom. The van der Waals surface area contributed by atoms with Gasteiger partial charge in [0.2, 0.25) is 0 Å². The lowest BCUT2D eigenvalue weighted by atomic mass is 10.1. The molecular weight excluding hydrogens is 172 g/mol. The second-order valence-corrected chi connectivity index (χ2v) is 3.14. The highest BCUT2D eigenvalue weighted by atomic mass is 16.1. The van der Waals surface area contributed by atoms with Gasteiger partial charge in [0, 0.05) is 6.42 Å². The summed E-state index contributed by atoms with van der Waals surface area (Å²) >= 11 is 0. The lowest BCUT2D eigenvalue weighted by molar-refractivity contribution is -0.107. The third kappa shape index (κ3) is 10.9. The minimum absolute atomic E-state index is 0.713. The summed E-state index contributed by atoms with van der Waals surface area (Å²) in [5.74, 6) is 0. The molecule has 0 aliphatic heterocycles. The van der Waals surface area contributed by atoms with Crippen molar-refractivity contribution in [3.05, 3.63) is 36.5 Å². The molecule has 0 bridgehead atoms. The van der Waals surface area contributed by atoms with Crippen LogP contribution in [0.15, 0.2) is 36.5 Å². The van der Waals surface area contributed by atoms with Crippen molar-refractivity contribution in [1.82, 2.24) is 0 Å². The predicted molar refractivity (Wildman–Crippen MR) is 62.2 cm³/mol. The quantitative estimate of drug-likeness (QED) is 0.324. The van der Waals surface area contributed by atoms with Crippen LogP contribution in [-0.4, -0.2) is 6.29 Å². The summed E-state index contributed by atoms with van der Waals surface area (Å²) in [4.78, 5) is 10.0. The van der Waals surface area contributed by atoms with E-state index in [0.717, 1.165) is 25.5 Å². The summed E-state index contributed by atoms with van der Waals surface area (Å²) in [6, 6.07) is 0. The second-order valence-electron chi connectivity index (χ2n) is 3.14. The lowest BCUT2D eigenvalue weighted by Crippen LogP contribution is -1.77. The van der Waals surface area contributed by atoms with Crippen LogP contribution < -0.4 is 0 Å². The second kappa shape index (κ2) is 11.9. The minimum Gasteiger partial charge on any atom is -0.303 e. The summed E-state index contributed by atoms with van der Waals surface area (Å²) in [5.41, 5.74) is 0. The fourth-order valence-corrected chi connectivity index (χ4v) is 1.08. The van der Waals surface area contributed by atoms with Crippen molar-refractivity contribution in [3.63, 3.8) is 0 Å². The highest BCUT2D eigenvalue weighted by Crippen LogP contribution is 2.02. The van der Waals surface area contributed by atoms with Crippen molar-refractivity contribution in [2.24, 2.45) is 0 Å². The van der Waals surface area contributed by atoms with Crippen LogP contribution >= 0.6 is 0 Å². The van der Waals surface area contributed by atoms with Gasteiger partial charge in [0.15, 0.2) is 0 Å². The molecule has 0 aromatic carbocycles. The van der Waals surface area contributed by atoms with E-state index >= 15 is 0 Å². The van der Waals surface area contributed by atoms with E-state index in [2.05, 4.69) is 12.2 Å². The number of hydrogen-bond acceptors (Lipinski definition) is 1. The van der Waals surface area contributed by atoms with E-state index in [1.54, 1.807) is 0 Å². The standard InChI is InChI=1S/C13H20O/c1-2-3-4-5-6-7-8-9-10-11-12-13-14/h2-7,13H,8-12H2,1H3/b3-2+,5-4+,7-6+. The highest BCUT2D eigenvalue weighted by molar-refractivity contribution is 5.48. The number of carbonyl (C=O) groups excluding carboxylic acids is 1. The first-order valence-corrected chi connectivity index (χ1v) is 5.30. The molecule has 0 aromatic rings. The smallest absolute Gasteiger partial charge is 0.119 e. The van der Waals surface area contributed by atoms with E-state index in [1.165, 1.54) is 6.42 Å². The monoisotopic (exact) mass is 192 g/mol. The molecule has 0 aliphatic carbocycles. The summed E-state index contributed by atoms with van der Waals surface area (Å²) in [7, 11) is 0. The number of hydrogen-bond donors (Lipinski definition) is 0. The zero-order chi connectivity index (χ0) is 10.5. The average Bonchev–Trinajstić information content (AvgIpc) is 2.21. The fourth-order valence-electron chi connectivity index (χ4n) is 1.08. The van der Waals surface area contributed by atoms with Gasteiger partial charge in [-0.1, -0.05) is 42.9 Å². The molecule has 0 N–H and O–H groups in total. The van der Waals surface area contributed by atoms with Gasteiger partial charge in [-0.25, -0.2) is 0 Å². The van der Waals surface area contributed by atoms with Crippen LogP contribution in [0.5, 0.6) is 0 Å². The number of carbonyl (C=O) groups is 1. The Morgan fingerprint density at radius 2 is 1.57 bits per heavy atom. The Hall–Kier alpha value is -1.11. The molecule has 0 fully saturated rings. The summed E-state index contributed by atoms with van der Waals surface area (Å²) in [6.07, 6.45) is 18.5. The molecule has 0 radical (unpaired) electrons. The molecule has 0 spiro atoms.